The number of amidine groups is 1. The second-order valence-corrected chi connectivity index (χ2v) is 5.46. The molecule has 4 nitrogen and oxygen atoms in total. The Kier molecular flexibility index (Phi) is 6.36. The number of oxime groups is 1. The van der Waals surface area contributed by atoms with Gasteiger partial charge in [0.2, 0.25) is 0 Å². The van der Waals surface area contributed by atoms with Crippen molar-refractivity contribution in [1.82, 2.24) is 5.32 Å². The molecule has 0 fully saturated rings. The Hall–Kier alpha value is -1.55. The number of nitrogens with zero attached hydrogens (tertiary/aromatic N) is 1. The first-order chi connectivity index (χ1) is 9.06. The summed E-state index contributed by atoms with van der Waals surface area (Å²) in [5.41, 5.74) is 6.76. The number of nitrogens with one attached hydrogen (secondary N) is 1. The fourth-order valence-electron chi connectivity index (χ4n) is 1.92. The molecule has 0 radical (unpaired) electrons. The third kappa shape index (κ3) is 5.75. The summed E-state index contributed by atoms with van der Waals surface area (Å²) in [5, 5.41) is 15.2. The van der Waals surface area contributed by atoms with Crippen LogP contribution < -0.4 is 11.1 Å². The van der Waals surface area contributed by atoms with Gasteiger partial charge in [-0.2, -0.15) is 0 Å². The third-order valence-electron chi connectivity index (χ3n) is 3.39. The molecule has 0 unspecified atom stereocenters. The Labute approximate surface area is 115 Å². The molecular weight excluding hydrogens is 238 g/mol. The fraction of sp³-hybridized carbons (Fsp3) is 0.533. The number of hydrogen-bond donors (Lipinski definition) is 3. The highest BCUT2D eigenvalue weighted by atomic mass is 16.4. The van der Waals surface area contributed by atoms with Gasteiger partial charge in [-0.3, -0.25) is 0 Å². The Morgan fingerprint density at radius 1 is 1.26 bits per heavy atom. The van der Waals surface area contributed by atoms with E-state index in [4.69, 9.17) is 10.9 Å². The molecule has 0 aliphatic carbocycles. The predicted molar refractivity (Wildman–Crippen MR) is 79.4 cm³/mol. The molecule has 1 aromatic carbocycles. The van der Waals surface area contributed by atoms with Crippen LogP contribution in [-0.2, 0) is 6.42 Å². The third-order valence-corrected chi connectivity index (χ3v) is 3.39. The smallest absolute Gasteiger partial charge is 0.144 e. The Bertz CT molecular complexity index is 388. The molecule has 4 heteroatoms. The maximum atomic E-state index is 8.68. The molecule has 0 atom stereocenters. The van der Waals surface area contributed by atoms with E-state index in [-0.39, 0.29) is 5.41 Å². The second kappa shape index (κ2) is 7.79. The molecule has 0 spiro atoms. The fourth-order valence-corrected chi connectivity index (χ4v) is 1.92. The van der Waals surface area contributed by atoms with Crippen LogP contribution in [-0.4, -0.2) is 24.1 Å². The molecule has 1 aromatic rings. The molecule has 0 amide bonds. The summed E-state index contributed by atoms with van der Waals surface area (Å²) >= 11 is 0. The maximum Gasteiger partial charge on any atom is 0.144 e. The molecule has 106 valence electrons. The molecular formula is C15H25N3O. The van der Waals surface area contributed by atoms with Crippen LogP contribution in [0.2, 0.25) is 0 Å². The normalized spacial score (nSPS) is 12.6. The van der Waals surface area contributed by atoms with Crippen molar-refractivity contribution in [2.24, 2.45) is 16.3 Å². The van der Waals surface area contributed by atoms with Gasteiger partial charge in [-0.15, -0.1) is 0 Å². The Morgan fingerprint density at radius 2 is 1.95 bits per heavy atom. The average molecular weight is 263 g/mol. The average Bonchev–Trinajstić information content (AvgIpc) is 2.42. The molecule has 0 aliphatic heterocycles. The molecule has 1 rings (SSSR count). The van der Waals surface area contributed by atoms with Crippen LogP contribution in [0.15, 0.2) is 35.5 Å². The zero-order valence-corrected chi connectivity index (χ0v) is 11.9. The van der Waals surface area contributed by atoms with Gasteiger partial charge >= 0.3 is 0 Å². The predicted octanol–water partition coefficient (Wildman–Crippen LogP) is 2.37. The topological polar surface area (TPSA) is 70.6 Å². The molecule has 0 saturated carbocycles. The minimum Gasteiger partial charge on any atom is -0.409 e. The zero-order chi connectivity index (χ0) is 14.1. The molecule has 4 N–H and O–H groups in total. The lowest BCUT2D eigenvalue weighted by Crippen LogP contribution is -2.32. The number of nitrogens with two attached hydrogens (primary N) is 1. The minimum absolute atomic E-state index is 0.240. The van der Waals surface area contributed by atoms with E-state index in [2.05, 4.69) is 34.7 Å². The Balaban J connectivity index is 2.12. The SMILES string of the molecule is CC(C)(CCCNCCc1ccccc1)C(N)=NO. The highest BCUT2D eigenvalue weighted by Crippen LogP contribution is 2.21. The van der Waals surface area contributed by atoms with Crippen LogP contribution in [0.3, 0.4) is 0 Å². The summed E-state index contributed by atoms with van der Waals surface area (Å²) < 4.78 is 0. The van der Waals surface area contributed by atoms with Gasteiger partial charge in [-0.25, -0.2) is 0 Å². The van der Waals surface area contributed by atoms with Crippen LogP contribution in [0.4, 0.5) is 0 Å². The largest absolute Gasteiger partial charge is 0.409 e. The Morgan fingerprint density at radius 3 is 2.58 bits per heavy atom. The molecule has 19 heavy (non-hydrogen) atoms. The van der Waals surface area contributed by atoms with Crippen molar-refractivity contribution in [3.63, 3.8) is 0 Å². The zero-order valence-electron chi connectivity index (χ0n) is 11.9. The molecule has 0 bridgehead atoms. The van der Waals surface area contributed by atoms with Crippen LogP contribution in [0.1, 0.15) is 32.3 Å². The highest BCUT2D eigenvalue weighted by Gasteiger charge is 2.22. The van der Waals surface area contributed by atoms with Crippen LogP contribution in [0.5, 0.6) is 0 Å². The van der Waals surface area contributed by atoms with E-state index in [1.807, 2.05) is 19.9 Å². The van der Waals surface area contributed by atoms with Gasteiger partial charge in [0.05, 0.1) is 0 Å². The lowest BCUT2D eigenvalue weighted by Gasteiger charge is -2.22. The first kappa shape index (κ1) is 15.5. The summed E-state index contributed by atoms with van der Waals surface area (Å²) in [6.07, 6.45) is 2.96. The number of benzene rings is 1. The molecule has 0 heterocycles. The van der Waals surface area contributed by atoms with Crippen molar-refractivity contribution in [2.45, 2.75) is 33.1 Å². The maximum absolute atomic E-state index is 8.68. The molecule has 0 saturated heterocycles. The lowest BCUT2D eigenvalue weighted by atomic mass is 9.86. The van der Waals surface area contributed by atoms with E-state index < -0.39 is 0 Å². The van der Waals surface area contributed by atoms with E-state index in [9.17, 15) is 0 Å². The van der Waals surface area contributed by atoms with Gasteiger partial charge in [0.25, 0.3) is 0 Å². The van der Waals surface area contributed by atoms with Gasteiger partial charge in [-0.1, -0.05) is 49.3 Å². The van der Waals surface area contributed by atoms with Crippen molar-refractivity contribution < 1.29 is 5.21 Å². The van der Waals surface area contributed by atoms with Crippen molar-refractivity contribution in [2.75, 3.05) is 13.1 Å². The monoisotopic (exact) mass is 263 g/mol. The van der Waals surface area contributed by atoms with E-state index in [0.29, 0.717) is 5.84 Å². The highest BCUT2D eigenvalue weighted by molar-refractivity contribution is 5.85. The van der Waals surface area contributed by atoms with Crippen LogP contribution in [0, 0.1) is 5.41 Å². The minimum atomic E-state index is -0.240. The summed E-state index contributed by atoms with van der Waals surface area (Å²) in [6, 6.07) is 10.4. The van der Waals surface area contributed by atoms with Crippen molar-refractivity contribution in [3.8, 4) is 0 Å². The summed E-state index contributed by atoms with van der Waals surface area (Å²) in [6.45, 7) is 5.92. The van der Waals surface area contributed by atoms with Crippen molar-refractivity contribution >= 4 is 5.84 Å². The molecule has 0 aromatic heterocycles. The number of hydrogen-bond acceptors (Lipinski definition) is 3. The van der Waals surface area contributed by atoms with E-state index in [1.54, 1.807) is 0 Å². The van der Waals surface area contributed by atoms with Crippen molar-refractivity contribution in [3.05, 3.63) is 35.9 Å². The summed E-state index contributed by atoms with van der Waals surface area (Å²) in [7, 11) is 0. The first-order valence-electron chi connectivity index (χ1n) is 6.79. The summed E-state index contributed by atoms with van der Waals surface area (Å²) in [5.74, 6) is 0.303. The molecule has 0 aliphatic rings. The van der Waals surface area contributed by atoms with E-state index in [1.165, 1.54) is 5.56 Å². The second-order valence-electron chi connectivity index (χ2n) is 5.46. The first-order valence-corrected chi connectivity index (χ1v) is 6.79. The van der Waals surface area contributed by atoms with Crippen LogP contribution >= 0.6 is 0 Å². The van der Waals surface area contributed by atoms with Gasteiger partial charge in [0, 0.05) is 5.41 Å². The lowest BCUT2D eigenvalue weighted by molar-refractivity contribution is 0.304. The summed E-state index contributed by atoms with van der Waals surface area (Å²) in [4.78, 5) is 0. The standard InChI is InChI=1S/C15H25N3O/c1-15(2,14(16)18-19)10-6-11-17-12-9-13-7-4-3-5-8-13/h3-5,7-8,17,19H,6,9-12H2,1-2H3,(H2,16,18). The van der Waals surface area contributed by atoms with Gasteiger partial charge in [-0.05, 0) is 37.9 Å². The van der Waals surface area contributed by atoms with E-state index in [0.717, 1.165) is 32.4 Å². The van der Waals surface area contributed by atoms with Gasteiger partial charge in [0.1, 0.15) is 5.84 Å². The van der Waals surface area contributed by atoms with Crippen molar-refractivity contribution in [1.29, 1.82) is 0 Å². The quantitative estimate of drug-likeness (QED) is 0.222. The van der Waals surface area contributed by atoms with Gasteiger partial charge < -0.3 is 16.3 Å². The van der Waals surface area contributed by atoms with Gasteiger partial charge in [0.15, 0.2) is 0 Å². The number of rotatable bonds is 8. The van der Waals surface area contributed by atoms with E-state index >= 15 is 0 Å². The van der Waals surface area contributed by atoms with Crippen LogP contribution in [0.25, 0.3) is 0 Å².